The number of nitrogens with zero attached hydrogens (tertiary/aromatic N) is 1. The van der Waals surface area contributed by atoms with E-state index in [1.165, 1.54) is 0 Å². The number of anilines is 2. The van der Waals surface area contributed by atoms with E-state index in [9.17, 15) is 4.79 Å². The molecule has 20 heavy (non-hydrogen) atoms. The van der Waals surface area contributed by atoms with E-state index in [1.807, 2.05) is 6.07 Å². The van der Waals surface area contributed by atoms with Gasteiger partial charge in [-0.1, -0.05) is 0 Å². The van der Waals surface area contributed by atoms with E-state index in [0.29, 0.717) is 17.2 Å². The van der Waals surface area contributed by atoms with Crippen LogP contribution in [-0.2, 0) is 4.74 Å². The Labute approximate surface area is 120 Å². The Bertz CT molecular complexity index is 468. The van der Waals surface area contributed by atoms with Gasteiger partial charge >= 0.3 is 0 Å². The molecule has 0 spiro atoms. The number of nitrogens with two attached hydrogens (primary N) is 1. The number of carbonyl (C=O) groups is 1. The van der Waals surface area contributed by atoms with Crippen molar-refractivity contribution in [2.45, 2.75) is 12.8 Å². The van der Waals surface area contributed by atoms with E-state index in [4.69, 9.17) is 10.5 Å². The lowest BCUT2D eigenvalue weighted by molar-refractivity contribution is 0.0963. The number of rotatable bonds is 4. The summed E-state index contributed by atoms with van der Waals surface area (Å²) < 4.78 is 5.22. The van der Waals surface area contributed by atoms with Crippen molar-refractivity contribution in [1.29, 1.82) is 0 Å². The second-order valence-electron chi connectivity index (χ2n) is 5.24. The first-order chi connectivity index (χ1) is 9.65. The molecule has 1 aromatic carbocycles. The molecule has 0 aromatic heterocycles. The fourth-order valence-corrected chi connectivity index (χ4v) is 2.71. The van der Waals surface area contributed by atoms with Gasteiger partial charge in [0.1, 0.15) is 0 Å². The molecule has 5 heteroatoms. The van der Waals surface area contributed by atoms with Crippen molar-refractivity contribution in [3.63, 3.8) is 0 Å². The molecule has 0 atom stereocenters. The Morgan fingerprint density at radius 2 is 2.15 bits per heavy atom. The predicted octanol–water partition coefficient (Wildman–Crippen LogP) is 1.49. The quantitative estimate of drug-likeness (QED) is 0.818. The SMILES string of the molecule is CNC(=O)c1ccc(N)cc1N1CCC(COC)CC1. The highest BCUT2D eigenvalue weighted by Gasteiger charge is 2.22. The van der Waals surface area contributed by atoms with Crippen LogP contribution in [0.15, 0.2) is 18.2 Å². The van der Waals surface area contributed by atoms with E-state index >= 15 is 0 Å². The maximum atomic E-state index is 12.0. The summed E-state index contributed by atoms with van der Waals surface area (Å²) in [5, 5.41) is 2.68. The number of nitrogens with one attached hydrogen (secondary N) is 1. The molecule has 1 aliphatic heterocycles. The zero-order valence-electron chi connectivity index (χ0n) is 12.2. The maximum absolute atomic E-state index is 12.0. The minimum absolute atomic E-state index is 0.0704. The number of ether oxygens (including phenoxy) is 1. The summed E-state index contributed by atoms with van der Waals surface area (Å²) in [4.78, 5) is 14.2. The third-order valence-electron chi connectivity index (χ3n) is 3.85. The second kappa shape index (κ2) is 6.61. The van der Waals surface area contributed by atoms with Gasteiger partial charge in [0.25, 0.3) is 5.91 Å². The minimum atomic E-state index is -0.0704. The number of hydrogen-bond donors (Lipinski definition) is 2. The number of nitrogen functional groups attached to an aromatic ring is 1. The van der Waals surface area contributed by atoms with Crippen molar-refractivity contribution in [3.8, 4) is 0 Å². The maximum Gasteiger partial charge on any atom is 0.253 e. The third-order valence-corrected chi connectivity index (χ3v) is 3.85. The first-order valence-electron chi connectivity index (χ1n) is 7.01. The molecular formula is C15H23N3O2. The average Bonchev–Trinajstić information content (AvgIpc) is 2.47. The van der Waals surface area contributed by atoms with Gasteiger partial charge < -0.3 is 20.7 Å². The van der Waals surface area contributed by atoms with Gasteiger partial charge in [-0.3, -0.25) is 4.79 Å². The Morgan fingerprint density at radius 3 is 2.75 bits per heavy atom. The molecule has 1 aromatic rings. The van der Waals surface area contributed by atoms with Crippen molar-refractivity contribution in [2.75, 3.05) is 44.5 Å². The molecule has 2 rings (SSSR count). The lowest BCUT2D eigenvalue weighted by Crippen LogP contribution is -2.36. The van der Waals surface area contributed by atoms with Crippen LogP contribution >= 0.6 is 0 Å². The standard InChI is InChI=1S/C15H23N3O2/c1-17-15(19)13-4-3-12(16)9-14(13)18-7-5-11(6-8-18)10-20-2/h3-4,9,11H,5-8,10,16H2,1-2H3,(H,17,19). The highest BCUT2D eigenvalue weighted by molar-refractivity contribution is 6.00. The number of methoxy groups -OCH3 is 1. The molecule has 0 unspecified atom stereocenters. The van der Waals surface area contributed by atoms with Gasteiger partial charge in [-0.25, -0.2) is 0 Å². The summed E-state index contributed by atoms with van der Waals surface area (Å²) in [5.41, 5.74) is 8.18. The average molecular weight is 277 g/mol. The van der Waals surface area contributed by atoms with Crippen LogP contribution in [0, 0.1) is 5.92 Å². The molecule has 0 aliphatic carbocycles. The van der Waals surface area contributed by atoms with Crippen LogP contribution in [0.2, 0.25) is 0 Å². The molecule has 5 nitrogen and oxygen atoms in total. The molecule has 3 N–H and O–H groups in total. The number of hydrogen-bond acceptors (Lipinski definition) is 4. The minimum Gasteiger partial charge on any atom is -0.399 e. The van der Waals surface area contributed by atoms with Gasteiger partial charge in [-0.05, 0) is 37.0 Å². The van der Waals surface area contributed by atoms with Gasteiger partial charge in [0.2, 0.25) is 0 Å². The fraction of sp³-hybridized carbons (Fsp3) is 0.533. The second-order valence-corrected chi connectivity index (χ2v) is 5.24. The summed E-state index contributed by atoms with van der Waals surface area (Å²) in [6.45, 7) is 2.68. The summed E-state index contributed by atoms with van der Waals surface area (Å²) in [6, 6.07) is 5.46. The van der Waals surface area contributed by atoms with Crippen LogP contribution < -0.4 is 16.0 Å². The lowest BCUT2D eigenvalue weighted by Gasteiger charge is -2.34. The Hall–Kier alpha value is -1.75. The zero-order valence-corrected chi connectivity index (χ0v) is 12.2. The molecular weight excluding hydrogens is 254 g/mol. The number of piperidine rings is 1. The van der Waals surface area contributed by atoms with Gasteiger partial charge in [0.05, 0.1) is 11.3 Å². The molecule has 1 amide bonds. The van der Waals surface area contributed by atoms with E-state index in [1.54, 1.807) is 26.3 Å². The molecule has 1 fully saturated rings. The fourth-order valence-electron chi connectivity index (χ4n) is 2.71. The normalized spacial score (nSPS) is 16.2. The third kappa shape index (κ3) is 3.22. The van der Waals surface area contributed by atoms with Crippen LogP contribution in [0.4, 0.5) is 11.4 Å². The molecule has 0 saturated carbocycles. The van der Waals surface area contributed by atoms with Crippen LogP contribution in [0.25, 0.3) is 0 Å². The Morgan fingerprint density at radius 1 is 1.45 bits per heavy atom. The first-order valence-corrected chi connectivity index (χ1v) is 7.01. The number of carbonyl (C=O) groups excluding carboxylic acids is 1. The summed E-state index contributed by atoms with van der Waals surface area (Å²) in [6.07, 6.45) is 2.16. The molecule has 1 saturated heterocycles. The molecule has 0 bridgehead atoms. The van der Waals surface area contributed by atoms with Crippen LogP contribution in [0.5, 0.6) is 0 Å². The van der Waals surface area contributed by atoms with E-state index in [0.717, 1.165) is 38.2 Å². The van der Waals surface area contributed by atoms with Gasteiger partial charge in [-0.2, -0.15) is 0 Å². The monoisotopic (exact) mass is 277 g/mol. The Kier molecular flexibility index (Phi) is 4.84. The predicted molar refractivity (Wildman–Crippen MR) is 81.1 cm³/mol. The van der Waals surface area contributed by atoms with Crippen molar-refractivity contribution >= 4 is 17.3 Å². The van der Waals surface area contributed by atoms with Gasteiger partial charge in [0, 0.05) is 39.5 Å². The first kappa shape index (κ1) is 14.7. The zero-order chi connectivity index (χ0) is 14.5. The highest BCUT2D eigenvalue weighted by atomic mass is 16.5. The van der Waals surface area contributed by atoms with Crippen LogP contribution in [-0.4, -0.2) is 39.8 Å². The summed E-state index contributed by atoms with van der Waals surface area (Å²) in [5.74, 6) is 0.541. The Balaban J connectivity index is 2.16. The lowest BCUT2D eigenvalue weighted by atomic mass is 9.96. The van der Waals surface area contributed by atoms with Crippen molar-refractivity contribution in [3.05, 3.63) is 23.8 Å². The summed E-state index contributed by atoms with van der Waals surface area (Å²) in [7, 11) is 3.39. The van der Waals surface area contributed by atoms with Crippen molar-refractivity contribution < 1.29 is 9.53 Å². The van der Waals surface area contributed by atoms with Crippen molar-refractivity contribution in [2.24, 2.45) is 5.92 Å². The van der Waals surface area contributed by atoms with Crippen LogP contribution in [0.1, 0.15) is 23.2 Å². The number of amides is 1. The van der Waals surface area contributed by atoms with Gasteiger partial charge in [-0.15, -0.1) is 0 Å². The van der Waals surface area contributed by atoms with E-state index in [-0.39, 0.29) is 5.91 Å². The van der Waals surface area contributed by atoms with Gasteiger partial charge in [0.15, 0.2) is 0 Å². The topological polar surface area (TPSA) is 67.6 Å². The highest BCUT2D eigenvalue weighted by Crippen LogP contribution is 2.28. The smallest absolute Gasteiger partial charge is 0.253 e. The molecule has 1 heterocycles. The summed E-state index contributed by atoms with van der Waals surface area (Å²) >= 11 is 0. The van der Waals surface area contributed by atoms with E-state index < -0.39 is 0 Å². The molecule has 0 radical (unpaired) electrons. The van der Waals surface area contributed by atoms with Crippen LogP contribution in [0.3, 0.4) is 0 Å². The van der Waals surface area contributed by atoms with E-state index in [2.05, 4.69) is 10.2 Å². The molecule has 110 valence electrons. The molecule has 1 aliphatic rings. The number of benzene rings is 1. The van der Waals surface area contributed by atoms with Crippen molar-refractivity contribution in [1.82, 2.24) is 5.32 Å². The largest absolute Gasteiger partial charge is 0.399 e.